The zero-order chi connectivity index (χ0) is 7.35. The lowest BCUT2D eigenvalue weighted by Crippen LogP contribution is -2.34. The van der Waals surface area contributed by atoms with Gasteiger partial charge in [0.2, 0.25) is 0 Å². The lowest BCUT2D eigenvalue weighted by atomic mass is 10.4. The van der Waals surface area contributed by atoms with Gasteiger partial charge in [0.15, 0.2) is 0 Å². The summed E-state index contributed by atoms with van der Waals surface area (Å²) in [4.78, 5) is 11.1. The van der Waals surface area contributed by atoms with Crippen LogP contribution in [0.5, 0.6) is 0 Å². The zero-order valence-corrected chi connectivity index (χ0v) is 6.63. The maximum atomic E-state index is 11.1. The molecule has 56 valence electrons. The summed E-state index contributed by atoms with van der Waals surface area (Å²) in [7, 11) is 0. The average Bonchev–Trinajstić information content (AvgIpc) is 2.58. The summed E-state index contributed by atoms with van der Waals surface area (Å²) in [6.45, 7) is 6.21. The van der Waals surface area contributed by atoms with Crippen molar-refractivity contribution in [2.45, 2.75) is 26.3 Å². The van der Waals surface area contributed by atoms with E-state index < -0.39 is 0 Å². The predicted molar refractivity (Wildman–Crippen MR) is 38.2 cm³/mol. The number of rotatable bonds is 1. The number of nitrogens with zero attached hydrogens (tertiary/aromatic N) is 1. The Balaban J connectivity index is 2.09. The second kappa shape index (κ2) is 1.62. The Bertz CT molecular complexity index is 184. The summed E-state index contributed by atoms with van der Waals surface area (Å²) < 4.78 is 0.821. The molecule has 1 aliphatic carbocycles. The number of amides is 1. The van der Waals surface area contributed by atoms with Crippen LogP contribution in [0.4, 0.5) is 0 Å². The molecule has 0 bridgehead atoms. The SMILES string of the molecule is CC(=O)[N+]1(C2CC2C)CC1. The van der Waals surface area contributed by atoms with Crippen molar-refractivity contribution in [1.29, 1.82) is 0 Å². The Labute approximate surface area is 61.4 Å². The molecule has 0 aromatic rings. The van der Waals surface area contributed by atoms with E-state index in [1.807, 2.05) is 0 Å². The van der Waals surface area contributed by atoms with Crippen molar-refractivity contribution < 1.29 is 9.28 Å². The molecule has 2 rings (SSSR count). The molecule has 2 atom stereocenters. The highest BCUT2D eigenvalue weighted by Gasteiger charge is 2.61. The first-order valence-corrected chi connectivity index (χ1v) is 4.05. The molecule has 2 nitrogen and oxygen atoms in total. The van der Waals surface area contributed by atoms with Crippen LogP contribution in [0.1, 0.15) is 20.3 Å². The second-order valence-electron chi connectivity index (χ2n) is 3.78. The van der Waals surface area contributed by atoms with Gasteiger partial charge in [0, 0.05) is 12.3 Å². The molecular weight excluding hydrogens is 126 g/mol. The number of hydrogen-bond donors (Lipinski definition) is 0. The molecule has 2 heteroatoms. The van der Waals surface area contributed by atoms with Gasteiger partial charge in [-0.3, -0.25) is 0 Å². The summed E-state index contributed by atoms with van der Waals surface area (Å²) in [5, 5.41) is 0. The number of hydrogen-bond acceptors (Lipinski definition) is 1. The fourth-order valence-corrected chi connectivity index (χ4v) is 1.98. The summed E-state index contributed by atoms with van der Waals surface area (Å²) in [5.74, 6) is 1.20. The minimum atomic E-state index is 0.384. The van der Waals surface area contributed by atoms with Crippen LogP contribution >= 0.6 is 0 Å². The highest BCUT2D eigenvalue weighted by atomic mass is 16.2. The van der Waals surface area contributed by atoms with Gasteiger partial charge in [-0.2, -0.15) is 0 Å². The second-order valence-corrected chi connectivity index (χ2v) is 3.78. The van der Waals surface area contributed by atoms with E-state index in [4.69, 9.17) is 0 Å². The summed E-state index contributed by atoms with van der Waals surface area (Å²) in [6, 6.07) is 0.706. The van der Waals surface area contributed by atoms with Gasteiger partial charge in [-0.25, -0.2) is 9.28 Å². The Hall–Kier alpha value is -0.370. The van der Waals surface area contributed by atoms with Crippen molar-refractivity contribution in [3.63, 3.8) is 0 Å². The van der Waals surface area contributed by atoms with Crippen LogP contribution in [0.2, 0.25) is 0 Å². The summed E-state index contributed by atoms with van der Waals surface area (Å²) >= 11 is 0. The van der Waals surface area contributed by atoms with Crippen molar-refractivity contribution in [2.75, 3.05) is 13.1 Å². The largest absolute Gasteiger partial charge is 0.311 e. The molecule has 0 aromatic heterocycles. The molecule has 0 spiro atoms. The molecule has 1 aliphatic heterocycles. The van der Waals surface area contributed by atoms with E-state index >= 15 is 0 Å². The van der Waals surface area contributed by atoms with Crippen LogP contribution in [0.3, 0.4) is 0 Å². The topological polar surface area (TPSA) is 17.1 Å². The van der Waals surface area contributed by atoms with Crippen molar-refractivity contribution in [3.8, 4) is 0 Å². The molecule has 0 N–H and O–H groups in total. The van der Waals surface area contributed by atoms with Gasteiger partial charge in [0.25, 0.3) is 0 Å². The van der Waals surface area contributed by atoms with Crippen LogP contribution in [-0.2, 0) is 4.79 Å². The molecule has 2 aliphatic rings. The van der Waals surface area contributed by atoms with Gasteiger partial charge in [-0.15, -0.1) is 0 Å². The quantitative estimate of drug-likeness (QED) is 0.388. The standard InChI is InChI=1S/C8H14NO/c1-6-5-8(6)9(3-4-9)7(2)10/h6,8H,3-5H2,1-2H3/q+1. The third kappa shape index (κ3) is 0.655. The summed E-state index contributed by atoms with van der Waals surface area (Å²) in [6.07, 6.45) is 1.28. The van der Waals surface area contributed by atoms with Crippen LogP contribution in [0.25, 0.3) is 0 Å². The van der Waals surface area contributed by atoms with Crippen molar-refractivity contribution >= 4 is 5.91 Å². The molecule has 10 heavy (non-hydrogen) atoms. The Morgan fingerprint density at radius 3 is 2.10 bits per heavy atom. The molecule has 2 fully saturated rings. The van der Waals surface area contributed by atoms with Crippen LogP contribution in [0, 0.1) is 5.92 Å². The van der Waals surface area contributed by atoms with Gasteiger partial charge >= 0.3 is 5.91 Å². The Kier molecular flexibility index (Phi) is 1.03. The monoisotopic (exact) mass is 140 g/mol. The first-order valence-electron chi connectivity index (χ1n) is 4.05. The zero-order valence-electron chi connectivity index (χ0n) is 6.63. The third-order valence-electron chi connectivity index (χ3n) is 3.03. The molecule has 0 aromatic carbocycles. The Morgan fingerprint density at radius 1 is 1.50 bits per heavy atom. The van der Waals surface area contributed by atoms with E-state index in [9.17, 15) is 4.79 Å². The number of carbonyl (C=O) groups is 1. The first kappa shape index (κ1) is 6.35. The molecule has 1 heterocycles. The van der Waals surface area contributed by atoms with E-state index in [1.54, 1.807) is 6.92 Å². The van der Waals surface area contributed by atoms with Crippen molar-refractivity contribution in [1.82, 2.24) is 0 Å². The van der Waals surface area contributed by atoms with E-state index in [2.05, 4.69) is 6.92 Å². The molecule has 1 saturated carbocycles. The fourth-order valence-electron chi connectivity index (χ4n) is 1.98. The summed E-state index contributed by atoms with van der Waals surface area (Å²) in [5.41, 5.74) is 0. The third-order valence-corrected chi connectivity index (χ3v) is 3.03. The van der Waals surface area contributed by atoms with E-state index in [1.165, 1.54) is 6.42 Å². The molecule has 1 amide bonds. The maximum absolute atomic E-state index is 11.1. The fraction of sp³-hybridized carbons (Fsp3) is 0.875. The minimum absolute atomic E-state index is 0.384. The van der Waals surface area contributed by atoms with Gasteiger partial charge in [0.05, 0.1) is 13.0 Å². The van der Waals surface area contributed by atoms with Crippen LogP contribution < -0.4 is 0 Å². The predicted octanol–water partition coefficient (Wildman–Crippen LogP) is 0.772. The first-order chi connectivity index (χ1) is 4.67. The molecular formula is C8H14NO+. The minimum Gasteiger partial charge on any atom is -0.249 e. The lowest BCUT2D eigenvalue weighted by Gasteiger charge is -2.11. The van der Waals surface area contributed by atoms with Gasteiger partial charge < -0.3 is 0 Å². The maximum Gasteiger partial charge on any atom is 0.311 e. The highest BCUT2D eigenvalue weighted by molar-refractivity contribution is 5.67. The van der Waals surface area contributed by atoms with E-state index in [0.29, 0.717) is 11.9 Å². The van der Waals surface area contributed by atoms with Crippen molar-refractivity contribution in [2.24, 2.45) is 5.92 Å². The molecule has 1 saturated heterocycles. The average molecular weight is 140 g/mol. The van der Waals surface area contributed by atoms with Gasteiger partial charge in [-0.05, 0) is 0 Å². The van der Waals surface area contributed by atoms with E-state index in [-0.39, 0.29) is 0 Å². The van der Waals surface area contributed by atoms with Gasteiger partial charge in [-0.1, -0.05) is 6.92 Å². The smallest absolute Gasteiger partial charge is 0.249 e. The van der Waals surface area contributed by atoms with Crippen LogP contribution in [0.15, 0.2) is 0 Å². The Morgan fingerprint density at radius 2 is 2.00 bits per heavy atom. The number of quaternary nitrogens is 1. The van der Waals surface area contributed by atoms with Gasteiger partial charge in [0.1, 0.15) is 13.1 Å². The van der Waals surface area contributed by atoms with Crippen molar-refractivity contribution in [3.05, 3.63) is 0 Å². The van der Waals surface area contributed by atoms with E-state index in [0.717, 1.165) is 23.5 Å². The highest BCUT2D eigenvalue weighted by Crippen LogP contribution is 2.45. The van der Waals surface area contributed by atoms with Crippen LogP contribution in [-0.4, -0.2) is 29.5 Å². The normalized spacial score (nSPS) is 41.0. The lowest BCUT2D eigenvalue weighted by molar-refractivity contribution is -0.732. The molecule has 2 unspecified atom stereocenters. The molecule has 0 radical (unpaired) electrons. The number of carbonyl (C=O) groups excluding carboxylic acids is 1.